The highest BCUT2D eigenvalue weighted by Crippen LogP contribution is 2.41. The molecule has 2 radical (unpaired) electrons. The molecule has 2 fully saturated rings. The Hall–Kier alpha value is 0.0649. The van der Waals surface area contributed by atoms with Gasteiger partial charge in [0.15, 0.2) is 0 Å². The highest BCUT2D eigenvalue weighted by molar-refractivity contribution is 6.39. The Labute approximate surface area is 96.5 Å². The SMILES string of the molecule is C[C@@H]1CCCC[C@H]1[B-][C@@H]1CCCC[C@H]1C. The van der Waals surface area contributed by atoms with E-state index >= 15 is 0 Å². The Morgan fingerprint density at radius 3 is 1.47 bits per heavy atom. The van der Waals surface area contributed by atoms with Gasteiger partial charge in [-0.05, 0) is 0 Å². The summed E-state index contributed by atoms with van der Waals surface area (Å²) in [5.74, 6) is 3.83. The Bertz CT molecular complexity index is 170. The van der Waals surface area contributed by atoms with Gasteiger partial charge < -0.3 is 7.28 Å². The van der Waals surface area contributed by atoms with Crippen LogP contribution < -0.4 is 0 Å². The molecule has 2 aliphatic rings. The van der Waals surface area contributed by atoms with Crippen molar-refractivity contribution >= 4 is 7.28 Å². The van der Waals surface area contributed by atoms with Crippen molar-refractivity contribution in [1.82, 2.24) is 0 Å². The summed E-state index contributed by atoms with van der Waals surface area (Å²) in [6, 6.07) is 0. The van der Waals surface area contributed by atoms with Crippen LogP contribution in [0.1, 0.15) is 65.2 Å². The molecule has 0 aromatic rings. The zero-order valence-electron chi connectivity index (χ0n) is 10.5. The summed E-state index contributed by atoms with van der Waals surface area (Å²) in [5, 5.41) is 0. The van der Waals surface area contributed by atoms with E-state index in [1.54, 1.807) is 0 Å². The first kappa shape index (κ1) is 11.5. The summed E-state index contributed by atoms with van der Waals surface area (Å²) >= 11 is 0. The van der Waals surface area contributed by atoms with E-state index in [0.717, 1.165) is 23.5 Å². The van der Waals surface area contributed by atoms with Crippen LogP contribution in [0.5, 0.6) is 0 Å². The van der Waals surface area contributed by atoms with Gasteiger partial charge in [-0.15, -0.1) is 0 Å². The quantitative estimate of drug-likeness (QED) is 0.574. The normalized spacial score (nSPS) is 42.8. The first-order chi connectivity index (χ1) is 7.27. The summed E-state index contributed by atoms with van der Waals surface area (Å²) < 4.78 is 0. The molecule has 0 aliphatic heterocycles. The van der Waals surface area contributed by atoms with Gasteiger partial charge in [0.2, 0.25) is 0 Å². The van der Waals surface area contributed by atoms with Gasteiger partial charge in [0.05, 0.1) is 0 Å². The van der Waals surface area contributed by atoms with Crippen LogP contribution >= 0.6 is 0 Å². The minimum Gasteiger partial charge on any atom is -0.327 e. The molecule has 0 unspecified atom stereocenters. The second-order valence-electron chi connectivity index (χ2n) is 6.04. The maximum Gasteiger partial charge on any atom is -0.0533 e. The van der Waals surface area contributed by atoms with Crippen LogP contribution in [-0.2, 0) is 0 Å². The molecule has 0 bridgehead atoms. The van der Waals surface area contributed by atoms with Crippen LogP contribution in [0, 0.1) is 11.8 Å². The molecule has 86 valence electrons. The summed E-state index contributed by atoms with van der Waals surface area (Å²) in [4.78, 5) is 0. The van der Waals surface area contributed by atoms with Crippen molar-refractivity contribution in [3.05, 3.63) is 0 Å². The fraction of sp³-hybridized carbons (Fsp3) is 1.00. The third kappa shape index (κ3) is 3.01. The van der Waals surface area contributed by atoms with E-state index < -0.39 is 0 Å². The Kier molecular flexibility index (Phi) is 4.17. The zero-order chi connectivity index (χ0) is 10.7. The van der Waals surface area contributed by atoms with E-state index in [9.17, 15) is 0 Å². The van der Waals surface area contributed by atoms with E-state index in [1.807, 2.05) is 0 Å². The Morgan fingerprint density at radius 1 is 0.667 bits per heavy atom. The second kappa shape index (κ2) is 5.41. The highest BCUT2D eigenvalue weighted by atomic mass is 14.2. The molecular formula is C14H26B-. The molecule has 0 amide bonds. The van der Waals surface area contributed by atoms with Gasteiger partial charge in [-0.1, -0.05) is 77.0 Å². The summed E-state index contributed by atoms with van der Waals surface area (Å²) in [5.41, 5.74) is 0. The molecule has 0 N–H and O–H groups in total. The summed E-state index contributed by atoms with van der Waals surface area (Å²) in [6.45, 7) is 4.93. The van der Waals surface area contributed by atoms with Crippen LogP contribution in [0.2, 0.25) is 11.6 Å². The minimum atomic E-state index is 0.948. The second-order valence-corrected chi connectivity index (χ2v) is 6.04. The molecule has 15 heavy (non-hydrogen) atoms. The third-order valence-corrected chi connectivity index (χ3v) is 4.85. The molecule has 0 heterocycles. The van der Waals surface area contributed by atoms with E-state index in [-0.39, 0.29) is 0 Å². The van der Waals surface area contributed by atoms with Gasteiger partial charge in [-0.25, -0.2) is 11.6 Å². The van der Waals surface area contributed by atoms with Gasteiger partial charge >= 0.3 is 0 Å². The molecule has 0 aromatic carbocycles. The van der Waals surface area contributed by atoms with Gasteiger partial charge in [-0.3, -0.25) is 0 Å². The zero-order valence-corrected chi connectivity index (χ0v) is 10.5. The van der Waals surface area contributed by atoms with Crippen LogP contribution in [0.25, 0.3) is 0 Å². The van der Waals surface area contributed by atoms with E-state index in [0.29, 0.717) is 0 Å². The molecule has 0 spiro atoms. The van der Waals surface area contributed by atoms with E-state index in [4.69, 9.17) is 0 Å². The summed E-state index contributed by atoms with van der Waals surface area (Å²) in [7, 11) is 2.76. The molecule has 0 nitrogen and oxygen atoms in total. The van der Waals surface area contributed by atoms with Crippen molar-refractivity contribution in [2.75, 3.05) is 0 Å². The average molecular weight is 205 g/mol. The number of hydrogen-bond acceptors (Lipinski definition) is 0. The Morgan fingerprint density at radius 2 is 1.07 bits per heavy atom. The lowest BCUT2D eigenvalue weighted by molar-refractivity contribution is 0.353. The van der Waals surface area contributed by atoms with Crippen LogP contribution in [0.4, 0.5) is 0 Å². The molecule has 2 aliphatic carbocycles. The topological polar surface area (TPSA) is 0 Å². The van der Waals surface area contributed by atoms with Gasteiger partial charge in [0, 0.05) is 0 Å². The van der Waals surface area contributed by atoms with Crippen molar-refractivity contribution in [2.45, 2.75) is 76.8 Å². The van der Waals surface area contributed by atoms with Crippen LogP contribution in [0.15, 0.2) is 0 Å². The fourth-order valence-corrected chi connectivity index (χ4v) is 3.58. The largest absolute Gasteiger partial charge is 0.327 e. The average Bonchev–Trinajstić information content (AvgIpc) is 2.24. The van der Waals surface area contributed by atoms with Gasteiger partial charge in [0.1, 0.15) is 0 Å². The van der Waals surface area contributed by atoms with Crippen molar-refractivity contribution in [1.29, 1.82) is 0 Å². The van der Waals surface area contributed by atoms with Crippen molar-refractivity contribution < 1.29 is 0 Å². The predicted octanol–water partition coefficient (Wildman–Crippen LogP) is 4.69. The molecular weight excluding hydrogens is 179 g/mol. The third-order valence-electron chi connectivity index (χ3n) is 4.85. The Balaban J connectivity index is 1.83. The highest BCUT2D eigenvalue weighted by Gasteiger charge is 2.18. The van der Waals surface area contributed by atoms with Crippen molar-refractivity contribution in [3.63, 3.8) is 0 Å². The predicted molar refractivity (Wildman–Crippen MR) is 68.5 cm³/mol. The first-order valence-corrected chi connectivity index (χ1v) is 7.12. The first-order valence-electron chi connectivity index (χ1n) is 7.12. The molecule has 4 atom stereocenters. The maximum absolute atomic E-state index is 2.76. The van der Waals surface area contributed by atoms with Gasteiger partial charge in [0.25, 0.3) is 0 Å². The molecule has 2 rings (SSSR count). The molecule has 1 heteroatoms. The summed E-state index contributed by atoms with van der Waals surface area (Å²) in [6.07, 6.45) is 11.8. The monoisotopic (exact) mass is 205 g/mol. The van der Waals surface area contributed by atoms with Crippen LogP contribution in [0.3, 0.4) is 0 Å². The van der Waals surface area contributed by atoms with Crippen molar-refractivity contribution in [2.24, 2.45) is 11.8 Å². The van der Waals surface area contributed by atoms with E-state index in [2.05, 4.69) is 21.1 Å². The molecule has 0 saturated heterocycles. The molecule has 2 saturated carbocycles. The maximum atomic E-state index is 2.76. The smallest absolute Gasteiger partial charge is 0.0533 e. The fourth-order valence-electron chi connectivity index (χ4n) is 3.58. The minimum absolute atomic E-state index is 0.948. The standard InChI is InChI=1S/C14H26B/c1-11-7-3-5-9-13(11)15-14-10-6-4-8-12(14)2/h11-14H,3-10H2,1-2H3/q-1/t11-,12-,13-,14-/m1/s1. The number of hydrogen-bond donors (Lipinski definition) is 0. The number of rotatable bonds is 2. The van der Waals surface area contributed by atoms with Crippen LogP contribution in [-0.4, -0.2) is 7.28 Å². The lowest BCUT2D eigenvalue weighted by Crippen LogP contribution is -2.25. The van der Waals surface area contributed by atoms with E-state index in [1.165, 1.54) is 51.4 Å². The molecule has 0 aromatic heterocycles. The lowest BCUT2D eigenvalue weighted by Gasteiger charge is -2.47. The lowest BCUT2D eigenvalue weighted by atomic mass is 9.44. The van der Waals surface area contributed by atoms with Gasteiger partial charge in [-0.2, -0.15) is 0 Å². The van der Waals surface area contributed by atoms with Crippen molar-refractivity contribution in [3.8, 4) is 0 Å².